The maximum atomic E-state index is 11.8. The fraction of sp³-hybridized carbons (Fsp3) is 0.714. The van der Waals surface area contributed by atoms with Crippen molar-refractivity contribution >= 4 is 16.9 Å². The summed E-state index contributed by atoms with van der Waals surface area (Å²) in [5.74, 6) is 2.51. The van der Waals surface area contributed by atoms with Crippen LogP contribution in [0.1, 0.15) is 64.2 Å². The number of benzene rings is 1. The largest absolute Gasteiger partial charge is 0.489 e. The second kappa shape index (κ2) is 11.8. The van der Waals surface area contributed by atoms with Crippen LogP contribution in [-0.2, 0) is 9.53 Å². The Balaban J connectivity index is 1.09. The van der Waals surface area contributed by atoms with E-state index in [9.17, 15) is 9.90 Å². The summed E-state index contributed by atoms with van der Waals surface area (Å²) in [6.45, 7) is 3.94. The number of carbonyl (C=O) groups is 1. The lowest BCUT2D eigenvalue weighted by Gasteiger charge is -2.36. The average molecular weight is 501 g/mol. The standard InChI is InChI=1S/C28H40N2O6/c1-33-28(32)21-7-5-19(6-8-21)17-30-15-13-20(14-16-30)18-34-27-26-24(3-2-4-25(26)36-29-27)35-23-11-9-22(31)10-12-23/h2-4,19-23,31H,5-18H2,1H3/t19-,21-,22-,23+. The Morgan fingerprint density at radius 1 is 1.03 bits per heavy atom. The van der Waals surface area contributed by atoms with Gasteiger partial charge in [0.25, 0.3) is 5.88 Å². The molecular weight excluding hydrogens is 460 g/mol. The van der Waals surface area contributed by atoms with Crippen LogP contribution in [0.25, 0.3) is 11.0 Å². The Labute approximate surface area is 213 Å². The number of methoxy groups -OCH3 is 1. The molecule has 1 aliphatic heterocycles. The van der Waals surface area contributed by atoms with Crippen LogP contribution in [0.15, 0.2) is 22.7 Å². The van der Waals surface area contributed by atoms with E-state index in [0.29, 0.717) is 29.9 Å². The minimum atomic E-state index is -0.205. The third-order valence-corrected chi connectivity index (χ3v) is 8.43. The molecule has 0 atom stereocenters. The number of nitrogens with zero attached hydrogens (tertiary/aromatic N) is 2. The summed E-state index contributed by atoms with van der Waals surface area (Å²) in [4.78, 5) is 14.3. The van der Waals surface area contributed by atoms with E-state index in [2.05, 4.69) is 10.1 Å². The van der Waals surface area contributed by atoms with Gasteiger partial charge in [0.05, 0.1) is 31.8 Å². The van der Waals surface area contributed by atoms with E-state index >= 15 is 0 Å². The summed E-state index contributed by atoms with van der Waals surface area (Å²) < 4.78 is 22.9. The zero-order chi connectivity index (χ0) is 24.9. The zero-order valence-corrected chi connectivity index (χ0v) is 21.4. The molecule has 3 fully saturated rings. The van der Waals surface area contributed by atoms with Crippen LogP contribution in [0.2, 0.25) is 0 Å². The average Bonchev–Trinajstić information content (AvgIpc) is 3.34. The molecule has 2 aromatic rings. The van der Waals surface area contributed by atoms with E-state index in [1.54, 1.807) is 0 Å². The molecule has 1 saturated heterocycles. The van der Waals surface area contributed by atoms with Crippen LogP contribution < -0.4 is 9.47 Å². The lowest BCUT2D eigenvalue weighted by atomic mass is 9.81. The molecule has 5 rings (SSSR count). The summed E-state index contributed by atoms with van der Waals surface area (Å²) in [7, 11) is 1.49. The maximum absolute atomic E-state index is 11.8. The van der Waals surface area contributed by atoms with Gasteiger partial charge in [0.2, 0.25) is 0 Å². The summed E-state index contributed by atoms with van der Waals surface area (Å²) in [6.07, 6.45) is 9.54. The highest BCUT2D eigenvalue weighted by molar-refractivity contribution is 5.88. The number of rotatable bonds is 8. The van der Waals surface area contributed by atoms with Gasteiger partial charge in [-0.2, -0.15) is 0 Å². The molecule has 2 saturated carbocycles. The van der Waals surface area contributed by atoms with E-state index in [-0.39, 0.29) is 24.1 Å². The molecular formula is C28H40N2O6. The Kier molecular flexibility index (Phi) is 8.32. The minimum absolute atomic E-state index is 0.0401. The predicted octanol–water partition coefficient (Wildman–Crippen LogP) is 4.58. The Morgan fingerprint density at radius 2 is 1.78 bits per heavy atom. The highest BCUT2D eigenvalue weighted by Crippen LogP contribution is 2.36. The zero-order valence-electron chi connectivity index (χ0n) is 21.4. The lowest BCUT2D eigenvalue weighted by Crippen LogP contribution is -2.39. The van der Waals surface area contributed by atoms with E-state index in [1.807, 2.05) is 18.2 Å². The number of piperidine rings is 1. The molecule has 0 bridgehead atoms. The lowest BCUT2D eigenvalue weighted by molar-refractivity contribution is -0.146. The van der Waals surface area contributed by atoms with Crippen molar-refractivity contribution in [3.63, 3.8) is 0 Å². The van der Waals surface area contributed by atoms with Crippen LogP contribution in [0.5, 0.6) is 11.6 Å². The summed E-state index contributed by atoms with van der Waals surface area (Å²) in [5, 5.41) is 14.8. The van der Waals surface area contributed by atoms with Crippen molar-refractivity contribution in [3.8, 4) is 11.6 Å². The molecule has 8 heteroatoms. The maximum Gasteiger partial charge on any atom is 0.308 e. The quantitative estimate of drug-likeness (QED) is 0.527. The molecule has 0 spiro atoms. The van der Waals surface area contributed by atoms with Gasteiger partial charge in [-0.15, -0.1) is 0 Å². The first-order chi connectivity index (χ1) is 17.6. The molecule has 198 valence electrons. The smallest absolute Gasteiger partial charge is 0.308 e. The number of hydrogen-bond donors (Lipinski definition) is 1. The summed E-state index contributed by atoms with van der Waals surface area (Å²) in [6, 6.07) is 5.76. The fourth-order valence-electron chi connectivity index (χ4n) is 6.12. The van der Waals surface area contributed by atoms with E-state index < -0.39 is 0 Å². The molecule has 3 aliphatic rings. The summed E-state index contributed by atoms with van der Waals surface area (Å²) >= 11 is 0. The van der Waals surface area contributed by atoms with Crippen molar-refractivity contribution in [2.24, 2.45) is 17.8 Å². The molecule has 0 radical (unpaired) electrons. The first-order valence-electron chi connectivity index (χ1n) is 13.7. The topological polar surface area (TPSA) is 94.3 Å². The van der Waals surface area contributed by atoms with Crippen molar-refractivity contribution in [2.75, 3.05) is 33.4 Å². The Morgan fingerprint density at radius 3 is 2.50 bits per heavy atom. The van der Waals surface area contributed by atoms with Crippen LogP contribution in [0.3, 0.4) is 0 Å². The fourth-order valence-corrected chi connectivity index (χ4v) is 6.12. The van der Waals surface area contributed by atoms with Crippen molar-refractivity contribution in [1.82, 2.24) is 10.1 Å². The van der Waals surface area contributed by atoms with Crippen LogP contribution in [0, 0.1) is 17.8 Å². The summed E-state index contributed by atoms with van der Waals surface area (Å²) in [5.41, 5.74) is 0.676. The molecule has 1 N–H and O–H groups in total. The van der Waals surface area contributed by atoms with Gasteiger partial charge < -0.3 is 28.7 Å². The molecule has 0 amide bonds. The number of likely N-dealkylation sites (tertiary alicyclic amines) is 1. The number of aromatic nitrogens is 1. The van der Waals surface area contributed by atoms with Gasteiger partial charge in [-0.3, -0.25) is 4.79 Å². The first kappa shape index (κ1) is 25.3. The minimum Gasteiger partial charge on any atom is -0.489 e. The molecule has 2 heterocycles. The van der Waals surface area contributed by atoms with Gasteiger partial charge in [0.1, 0.15) is 11.1 Å². The van der Waals surface area contributed by atoms with Gasteiger partial charge in [0, 0.05) is 6.54 Å². The van der Waals surface area contributed by atoms with Crippen LogP contribution >= 0.6 is 0 Å². The first-order valence-corrected chi connectivity index (χ1v) is 13.7. The van der Waals surface area contributed by atoms with Gasteiger partial charge in [-0.1, -0.05) is 6.07 Å². The van der Waals surface area contributed by atoms with Gasteiger partial charge >= 0.3 is 5.97 Å². The predicted molar refractivity (Wildman–Crippen MR) is 135 cm³/mol. The second-order valence-corrected chi connectivity index (χ2v) is 11.0. The number of aliphatic hydroxyl groups excluding tert-OH is 1. The van der Waals surface area contributed by atoms with Gasteiger partial charge in [0.15, 0.2) is 5.58 Å². The van der Waals surface area contributed by atoms with Gasteiger partial charge in [-0.25, -0.2) is 0 Å². The molecule has 1 aromatic heterocycles. The Bertz CT molecular complexity index is 985. The normalized spacial score (nSPS) is 28.2. The third-order valence-electron chi connectivity index (χ3n) is 8.43. The highest BCUT2D eigenvalue weighted by Gasteiger charge is 2.29. The molecule has 1 aromatic carbocycles. The van der Waals surface area contributed by atoms with E-state index in [1.165, 1.54) is 7.11 Å². The number of fused-ring (bicyclic) bond motifs is 1. The molecule has 36 heavy (non-hydrogen) atoms. The van der Waals surface area contributed by atoms with Crippen molar-refractivity contribution < 1.29 is 28.6 Å². The van der Waals surface area contributed by atoms with E-state index in [0.717, 1.165) is 95.0 Å². The monoisotopic (exact) mass is 500 g/mol. The third kappa shape index (κ3) is 6.14. The number of hydrogen-bond acceptors (Lipinski definition) is 8. The van der Waals surface area contributed by atoms with Gasteiger partial charge in [-0.05, 0) is 106 Å². The van der Waals surface area contributed by atoms with Crippen LogP contribution in [0.4, 0.5) is 0 Å². The number of aliphatic hydroxyl groups is 1. The molecule has 2 aliphatic carbocycles. The Hall–Kier alpha value is -2.32. The number of esters is 1. The van der Waals surface area contributed by atoms with Crippen LogP contribution in [-0.4, -0.2) is 66.7 Å². The highest BCUT2D eigenvalue weighted by atomic mass is 16.5. The molecule has 0 unspecified atom stereocenters. The SMILES string of the molecule is COC(=O)[C@H]1CC[C@H](CN2CCC(COc3noc4cccc(O[C@H]5CC[C@@H](O)CC5)c34)CC2)CC1. The van der Waals surface area contributed by atoms with Crippen molar-refractivity contribution in [1.29, 1.82) is 0 Å². The number of ether oxygens (including phenoxy) is 3. The van der Waals surface area contributed by atoms with Crippen molar-refractivity contribution in [2.45, 2.75) is 76.4 Å². The molecule has 8 nitrogen and oxygen atoms in total. The van der Waals surface area contributed by atoms with E-state index in [4.69, 9.17) is 18.7 Å². The van der Waals surface area contributed by atoms with Crippen molar-refractivity contribution in [3.05, 3.63) is 18.2 Å². The second-order valence-electron chi connectivity index (χ2n) is 11.0. The number of carbonyl (C=O) groups excluding carboxylic acids is 1.